The summed E-state index contributed by atoms with van der Waals surface area (Å²) in [5, 5.41) is 8.81. The molecule has 8 nitrogen and oxygen atoms in total. The van der Waals surface area contributed by atoms with Gasteiger partial charge in [-0.15, -0.1) is 5.10 Å². The molecule has 2 aromatic carbocycles. The first kappa shape index (κ1) is 21.9. The quantitative estimate of drug-likeness (QED) is 0.427. The van der Waals surface area contributed by atoms with Crippen LogP contribution < -0.4 is 15.0 Å². The number of ether oxygens (including phenoxy) is 1. The molecule has 9 heteroatoms. The molecule has 1 fully saturated rings. The van der Waals surface area contributed by atoms with Crippen molar-refractivity contribution in [3.05, 3.63) is 76.8 Å². The van der Waals surface area contributed by atoms with E-state index in [2.05, 4.69) is 10.3 Å². The fraction of sp³-hybridized carbons (Fsp3) is 0.308. The van der Waals surface area contributed by atoms with Crippen LogP contribution in [0.15, 0.2) is 60.7 Å². The van der Waals surface area contributed by atoms with Crippen LogP contribution in [0.1, 0.15) is 42.5 Å². The summed E-state index contributed by atoms with van der Waals surface area (Å²) in [6.07, 6.45) is 5.74. The smallest absolute Gasteiger partial charge is 0.260 e. The highest BCUT2D eigenvalue weighted by Gasteiger charge is 2.50. The normalized spacial score (nSPS) is 25.3. The number of hydrogen-bond donors (Lipinski definition) is 1. The molecular weight excluding hydrogens is 466 g/mol. The Labute approximate surface area is 207 Å². The Balaban J connectivity index is 1.42. The SMILES string of the molecule is COc1ccccc1[C@H]1C[C@H](c2ccc(Cl)cc2)Nc2nc(N3C(=O)[C@H]4CC=CC[C@H]4C3=O)nn21. The lowest BCUT2D eigenvalue weighted by Gasteiger charge is -2.32. The van der Waals surface area contributed by atoms with Gasteiger partial charge in [-0.2, -0.15) is 4.98 Å². The molecule has 0 bridgehead atoms. The highest BCUT2D eigenvalue weighted by molar-refractivity contribution is 6.30. The average molecular weight is 490 g/mol. The zero-order valence-electron chi connectivity index (χ0n) is 19.1. The van der Waals surface area contributed by atoms with Crippen LogP contribution in [0, 0.1) is 11.8 Å². The van der Waals surface area contributed by atoms with Crippen molar-refractivity contribution < 1.29 is 14.3 Å². The summed E-state index contributed by atoms with van der Waals surface area (Å²) in [5.41, 5.74) is 2.00. The molecule has 1 N–H and O–H groups in total. The maximum atomic E-state index is 13.2. The molecule has 0 saturated carbocycles. The van der Waals surface area contributed by atoms with Crippen LogP contribution in [-0.4, -0.2) is 33.7 Å². The fourth-order valence-corrected chi connectivity index (χ4v) is 5.50. The molecule has 178 valence electrons. The van der Waals surface area contributed by atoms with Gasteiger partial charge in [0.05, 0.1) is 31.0 Å². The van der Waals surface area contributed by atoms with Crippen LogP contribution in [0.3, 0.4) is 0 Å². The first-order valence-electron chi connectivity index (χ1n) is 11.7. The number of halogens is 1. The number of carbonyl (C=O) groups is 2. The fourth-order valence-electron chi connectivity index (χ4n) is 5.37. The van der Waals surface area contributed by atoms with Gasteiger partial charge >= 0.3 is 0 Å². The number of aromatic nitrogens is 3. The van der Waals surface area contributed by atoms with Gasteiger partial charge in [0.2, 0.25) is 17.8 Å². The molecule has 35 heavy (non-hydrogen) atoms. The van der Waals surface area contributed by atoms with Crippen molar-refractivity contribution in [2.75, 3.05) is 17.3 Å². The van der Waals surface area contributed by atoms with E-state index < -0.39 is 0 Å². The summed E-state index contributed by atoms with van der Waals surface area (Å²) in [6.45, 7) is 0. The minimum atomic E-state index is -0.340. The second-order valence-corrected chi connectivity index (χ2v) is 9.53. The average Bonchev–Trinajstić information content (AvgIpc) is 3.42. The van der Waals surface area contributed by atoms with Gasteiger partial charge in [-0.3, -0.25) is 9.59 Å². The van der Waals surface area contributed by atoms with Crippen molar-refractivity contribution in [3.63, 3.8) is 0 Å². The van der Waals surface area contributed by atoms with Gasteiger partial charge in [0, 0.05) is 10.6 Å². The number of nitrogens with zero attached hydrogens (tertiary/aromatic N) is 4. The molecule has 2 aliphatic heterocycles. The largest absolute Gasteiger partial charge is 0.496 e. The van der Waals surface area contributed by atoms with E-state index in [1.54, 1.807) is 11.8 Å². The number of methoxy groups -OCH3 is 1. The first-order chi connectivity index (χ1) is 17.0. The number of anilines is 2. The molecule has 1 aromatic heterocycles. The Hall–Kier alpha value is -3.65. The number of amides is 2. The van der Waals surface area contributed by atoms with E-state index >= 15 is 0 Å². The summed E-state index contributed by atoms with van der Waals surface area (Å²) in [4.78, 5) is 32.2. The Morgan fingerprint density at radius 3 is 2.37 bits per heavy atom. The van der Waals surface area contributed by atoms with E-state index in [9.17, 15) is 9.59 Å². The van der Waals surface area contributed by atoms with E-state index in [1.807, 2.05) is 60.7 Å². The van der Waals surface area contributed by atoms with Crippen molar-refractivity contribution in [3.8, 4) is 5.75 Å². The van der Waals surface area contributed by atoms with E-state index in [4.69, 9.17) is 21.4 Å². The van der Waals surface area contributed by atoms with E-state index in [0.29, 0.717) is 30.2 Å². The van der Waals surface area contributed by atoms with Gasteiger partial charge in [0.15, 0.2) is 0 Å². The molecule has 0 spiro atoms. The van der Waals surface area contributed by atoms with E-state index in [1.165, 1.54) is 4.90 Å². The predicted octanol–water partition coefficient (Wildman–Crippen LogP) is 4.54. The molecule has 3 aromatic rings. The van der Waals surface area contributed by atoms with Crippen molar-refractivity contribution in [1.29, 1.82) is 0 Å². The summed E-state index contributed by atoms with van der Waals surface area (Å²) in [6, 6.07) is 15.2. The van der Waals surface area contributed by atoms with Gasteiger partial charge in [-0.05, 0) is 43.0 Å². The topological polar surface area (TPSA) is 89.3 Å². The third kappa shape index (κ3) is 3.60. The number of benzene rings is 2. The van der Waals surface area contributed by atoms with Crippen molar-refractivity contribution in [1.82, 2.24) is 14.8 Å². The van der Waals surface area contributed by atoms with Crippen LogP contribution in [-0.2, 0) is 9.59 Å². The lowest BCUT2D eigenvalue weighted by atomic mass is 9.85. The number of allylic oxidation sites excluding steroid dienone is 2. The van der Waals surface area contributed by atoms with Gasteiger partial charge in [0.1, 0.15) is 5.75 Å². The first-order valence-corrected chi connectivity index (χ1v) is 12.1. The Morgan fingerprint density at radius 1 is 1.00 bits per heavy atom. The number of carbonyl (C=O) groups excluding carboxylic acids is 2. The molecule has 0 unspecified atom stereocenters. The number of para-hydroxylation sites is 1. The van der Waals surface area contributed by atoms with E-state index in [0.717, 1.165) is 16.9 Å². The standard InChI is InChI=1S/C26H24ClN5O3/c1-35-22-9-5-4-8-19(22)21-14-20(15-10-12-16(27)13-11-15)28-25-29-26(30-32(21)25)31-23(33)17-6-2-3-7-18(17)24(31)34/h2-5,8-13,17-18,20-21H,6-7,14H2,1H3,(H,28,29,30)/t17-,18+,20-,21-/m1/s1. The Morgan fingerprint density at radius 2 is 1.69 bits per heavy atom. The number of nitrogens with one attached hydrogen (secondary N) is 1. The zero-order chi connectivity index (χ0) is 24.1. The van der Waals surface area contributed by atoms with Crippen molar-refractivity contribution >= 4 is 35.3 Å². The molecule has 2 amide bonds. The maximum Gasteiger partial charge on any atom is 0.260 e. The molecule has 0 radical (unpaired) electrons. The number of fused-ring (bicyclic) bond motifs is 2. The minimum Gasteiger partial charge on any atom is -0.496 e. The van der Waals surface area contributed by atoms with E-state index in [-0.39, 0.29) is 41.7 Å². The lowest BCUT2D eigenvalue weighted by molar-refractivity contribution is -0.122. The third-order valence-electron chi connectivity index (χ3n) is 7.16. The van der Waals surface area contributed by atoms with Gasteiger partial charge in [0.25, 0.3) is 5.95 Å². The summed E-state index contributed by atoms with van der Waals surface area (Å²) in [5.74, 6) is 0.221. The van der Waals surface area contributed by atoms with Crippen LogP contribution >= 0.6 is 11.6 Å². The van der Waals surface area contributed by atoms with Gasteiger partial charge < -0.3 is 10.1 Å². The van der Waals surface area contributed by atoms with Crippen LogP contribution in [0.4, 0.5) is 11.9 Å². The highest BCUT2D eigenvalue weighted by Crippen LogP contribution is 2.43. The summed E-state index contributed by atoms with van der Waals surface area (Å²) < 4.78 is 7.41. The van der Waals surface area contributed by atoms with Crippen molar-refractivity contribution in [2.45, 2.75) is 31.3 Å². The monoisotopic (exact) mass is 489 g/mol. The van der Waals surface area contributed by atoms with Gasteiger partial charge in [-0.1, -0.05) is 54.1 Å². The molecule has 3 aliphatic rings. The van der Waals surface area contributed by atoms with Crippen LogP contribution in [0.25, 0.3) is 0 Å². The minimum absolute atomic E-state index is 0.0801. The highest BCUT2D eigenvalue weighted by atomic mass is 35.5. The summed E-state index contributed by atoms with van der Waals surface area (Å²) >= 11 is 6.11. The van der Waals surface area contributed by atoms with Gasteiger partial charge in [-0.25, -0.2) is 9.58 Å². The second-order valence-electron chi connectivity index (χ2n) is 9.09. The molecule has 6 rings (SSSR count). The Bertz CT molecular complexity index is 1310. The second kappa shape index (κ2) is 8.53. The third-order valence-corrected chi connectivity index (χ3v) is 7.41. The number of hydrogen-bond acceptors (Lipinski definition) is 6. The molecule has 1 saturated heterocycles. The molecule has 1 aliphatic carbocycles. The number of rotatable bonds is 4. The van der Waals surface area contributed by atoms with Crippen LogP contribution in [0.5, 0.6) is 5.75 Å². The predicted molar refractivity (Wildman–Crippen MR) is 131 cm³/mol. The summed E-state index contributed by atoms with van der Waals surface area (Å²) in [7, 11) is 1.64. The number of imide groups is 1. The van der Waals surface area contributed by atoms with Crippen molar-refractivity contribution in [2.24, 2.45) is 11.8 Å². The van der Waals surface area contributed by atoms with Crippen LogP contribution in [0.2, 0.25) is 5.02 Å². The molecule has 3 heterocycles. The zero-order valence-corrected chi connectivity index (χ0v) is 19.9. The molecule has 4 atom stereocenters. The Kier molecular flexibility index (Phi) is 5.33. The molecular formula is C26H24ClN5O3. The maximum absolute atomic E-state index is 13.2. The lowest BCUT2D eigenvalue weighted by Crippen LogP contribution is -2.32.